The average Bonchev–Trinajstić information content (AvgIpc) is 3.02. The number of allylic oxidation sites excluding steroid dienone is 5. The first-order valence-electron chi connectivity index (χ1n) is 8.41. The van der Waals surface area contributed by atoms with Gasteiger partial charge in [0.05, 0.1) is 10.9 Å². The van der Waals surface area contributed by atoms with Gasteiger partial charge >= 0.3 is 0 Å². The molecule has 2 aliphatic rings. The lowest BCUT2D eigenvalue weighted by atomic mass is 9.77. The molecule has 0 saturated carbocycles. The molecule has 1 heterocycles. The summed E-state index contributed by atoms with van der Waals surface area (Å²) in [5, 5.41) is 8.84. The molecule has 0 radical (unpaired) electrons. The second kappa shape index (κ2) is 6.65. The minimum absolute atomic E-state index is 0.119. The fourth-order valence-corrected chi connectivity index (χ4v) is 4.36. The summed E-state index contributed by atoms with van der Waals surface area (Å²) in [6, 6.07) is 5.18. The number of hydrogen-bond donors (Lipinski definition) is 2. The molecule has 0 bridgehead atoms. The Morgan fingerprint density at radius 1 is 1.40 bits per heavy atom. The van der Waals surface area contributed by atoms with Crippen LogP contribution < -0.4 is 10.5 Å². The predicted molar refractivity (Wildman–Crippen MR) is 103 cm³/mol. The summed E-state index contributed by atoms with van der Waals surface area (Å²) >= 11 is 0. The Labute approximate surface area is 149 Å². The van der Waals surface area contributed by atoms with Crippen molar-refractivity contribution in [2.75, 3.05) is 5.32 Å². The van der Waals surface area contributed by atoms with Gasteiger partial charge in [0.2, 0.25) is 10.0 Å². The molecule has 3 unspecified atom stereocenters. The maximum atomic E-state index is 11.7. The highest BCUT2D eigenvalue weighted by Crippen LogP contribution is 2.46. The SMILES string of the molecule is C=C(/C=C(C)\C=C/C)C1Nc2ccc(S(N)(=O)=O)cc2C2C=CCC12. The zero-order valence-corrected chi connectivity index (χ0v) is 15.4. The van der Waals surface area contributed by atoms with Gasteiger partial charge in [-0.05, 0) is 55.5 Å². The van der Waals surface area contributed by atoms with Gasteiger partial charge in [0.25, 0.3) is 0 Å². The molecule has 25 heavy (non-hydrogen) atoms. The Hall–Kier alpha value is -2.11. The normalized spacial score (nSPS) is 25.6. The van der Waals surface area contributed by atoms with Crippen molar-refractivity contribution in [1.82, 2.24) is 0 Å². The number of anilines is 1. The summed E-state index contributed by atoms with van der Waals surface area (Å²) in [6.07, 6.45) is 11.5. The lowest BCUT2D eigenvalue weighted by Crippen LogP contribution is -2.37. The van der Waals surface area contributed by atoms with E-state index in [-0.39, 0.29) is 16.9 Å². The van der Waals surface area contributed by atoms with E-state index in [1.165, 1.54) is 0 Å². The Balaban J connectivity index is 1.98. The van der Waals surface area contributed by atoms with Crippen molar-refractivity contribution in [1.29, 1.82) is 0 Å². The van der Waals surface area contributed by atoms with E-state index in [0.29, 0.717) is 5.92 Å². The summed E-state index contributed by atoms with van der Waals surface area (Å²) in [5.74, 6) is 0.500. The van der Waals surface area contributed by atoms with Gasteiger partial charge in [-0.1, -0.05) is 42.5 Å². The van der Waals surface area contributed by atoms with Crippen LogP contribution >= 0.6 is 0 Å². The van der Waals surface area contributed by atoms with Gasteiger partial charge in [0.1, 0.15) is 0 Å². The smallest absolute Gasteiger partial charge is 0.238 e. The van der Waals surface area contributed by atoms with Crippen molar-refractivity contribution >= 4 is 15.7 Å². The summed E-state index contributed by atoms with van der Waals surface area (Å²) in [6.45, 7) is 8.33. The van der Waals surface area contributed by atoms with Crippen LogP contribution in [0.15, 0.2) is 71.2 Å². The zero-order chi connectivity index (χ0) is 18.2. The molecule has 4 nitrogen and oxygen atoms in total. The molecule has 1 aromatic rings. The topological polar surface area (TPSA) is 72.2 Å². The number of sulfonamides is 1. The molecule has 3 N–H and O–H groups in total. The van der Waals surface area contributed by atoms with Crippen LogP contribution in [0.2, 0.25) is 0 Å². The molecule has 0 aromatic heterocycles. The van der Waals surface area contributed by atoms with Crippen LogP contribution in [-0.2, 0) is 10.0 Å². The van der Waals surface area contributed by atoms with Gasteiger partial charge in [-0.2, -0.15) is 0 Å². The van der Waals surface area contributed by atoms with E-state index in [1.54, 1.807) is 18.2 Å². The fraction of sp³-hybridized carbons (Fsp3) is 0.300. The highest BCUT2D eigenvalue weighted by Gasteiger charge is 2.38. The maximum Gasteiger partial charge on any atom is 0.238 e. The average molecular weight is 356 g/mol. The number of benzene rings is 1. The molecule has 0 amide bonds. The molecule has 0 saturated heterocycles. The van der Waals surface area contributed by atoms with E-state index in [1.807, 2.05) is 13.0 Å². The van der Waals surface area contributed by atoms with Crippen LogP contribution in [0.25, 0.3) is 0 Å². The van der Waals surface area contributed by atoms with Crippen LogP contribution in [0.5, 0.6) is 0 Å². The molecule has 3 rings (SSSR count). The van der Waals surface area contributed by atoms with Crippen molar-refractivity contribution < 1.29 is 8.42 Å². The van der Waals surface area contributed by atoms with E-state index >= 15 is 0 Å². The Morgan fingerprint density at radius 2 is 2.16 bits per heavy atom. The van der Waals surface area contributed by atoms with Crippen LogP contribution in [0.4, 0.5) is 5.69 Å². The number of fused-ring (bicyclic) bond motifs is 3. The van der Waals surface area contributed by atoms with Crippen molar-refractivity contribution in [2.24, 2.45) is 11.1 Å². The van der Waals surface area contributed by atoms with E-state index in [0.717, 1.165) is 28.8 Å². The third kappa shape index (κ3) is 3.48. The van der Waals surface area contributed by atoms with Crippen LogP contribution in [0.1, 0.15) is 31.7 Å². The third-order valence-corrected chi connectivity index (χ3v) is 5.82. The molecule has 0 spiro atoms. The van der Waals surface area contributed by atoms with E-state index in [4.69, 9.17) is 5.14 Å². The van der Waals surface area contributed by atoms with E-state index in [2.05, 4.69) is 43.1 Å². The van der Waals surface area contributed by atoms with Crippen molar-refractivity contribution in [2.45, 2.75) is 37.1 Å². The highest BCUT2D eigenvalue weighted by molar-refractivity contribution is 7.89. The summed E-state index contributed by atoms with van der Waals surface area (Å²) in [7, 11) is -3.70. The van der Waals surface area contributed by atoms with Crippen molar-refractivity contribution in [3.8, 4) is 0 Å². The number of rotatable bonds is 4. The predicted octanol–water partition coefficient (Wildman–Crippen LogP) is 3.87. The molecule has 5 heteroatoms. The second-order valence-corrected chi connectivity index (χ2v) is 8.29. The van der Waals surface area contributed by atoms with Gasteiger partial charge in [-0.25, -0.2) is 13.6 Å². The second-order valence-electron chi connectivity index (χ2n) is 6.73. The molecule has 1 aromatic carbocycles. The first kappa shape index (κ1) is 17.7. The van der Waals surface area contributed by atoms with Crippen LogP contribution in [0, 0.1) is 5.92 Å². The van der Waals surface area contributed by atoms with Crippen LogP contribution in [0.3, 0.4) is 0 Å². The number of nitrogens with one attached hydrogen (secondary N) is 1. The van der Waals surface area contributed by atoms with Crippen molar-refractivity contribution in [3.63, 3.8) is 0 Å². The lowest BCUT2D eigenvalue weighted by Gasteiger charge is -2.38. The largest absolute Gasteiger partial charge is 0.378 e. The monoisotopic (exact) mass is 356 g/mol. The van der Waals surface area contributed by atoms with Crippen LogP contribution in [-0.4, -0.2) is 14.5 Å². The van der Waals surface area contributed by atoms with E-state index in [9.17, 15) is 8.42 Å². The zero-order valence-electron chi connectivity index (χ0n) is 14.6. The number of nitrogens with two attached hydrogens (primary N) is 1. The fourth-order valence-electron chi connectivity index (χ4n) is 3.81. The Morgan fingerprint density at radius 3 is 2.84 bits per heavy atom. The first-order valence-corrected chi connectivity index (χ1v) is 9.95. The first-order chi connectivity index (χ1) is 11.8. The number of hydrogen-bond acceptors (Lipinski definition) is 3. The molecule has 1 aliphatic carbocycles. The molecule has 1 aliphatic heterocycles. The van der Waals surface area contributed by atoms with E-state index < -0.39 is 10.0 Å². The highest BCUT2D eigenvalue weighted by atomic mass is 32.2. The molecular weight excluding hydrogens is 332 g/mol. The maximum absolute atomic E-state index is 11.7. The summed E-state index contributed by atoms with van der Waals surface area (Å²) in [4.78, 5) is 0.160. The molecule has 3 atom stereocenters. The summed E-state index contributed by atoms with van der Waals surface area (Å²) < 4.78 is 23.4. The van der Waals surface area contributed by atoms with Gasteiger partial charge in [0.15, 0.2) is 0 Å². The minimum atomic E-state index is -3.70. The van der Waals surface area contributed by atoms with Gasteiger partial charge < -0.3 is 5.32 Å². The quantitative estimate of drug-likeness (QED) is 0.635. The van der Waals surface area contributed by atoms with Gasteiger partial charge in [0, 0.05) is 11.6 Å². The van der Waals surface area contributed by atoms with Gasteiger partial charge in [-0.15, -0.1) is 0 Å². The van der Waals surface area contributed by atoms with Gasteiger partial charge in [-0.3, -0.25) is 0 Å². The number of primary sulfonamides is 1. The minimum Gasteiger partial charge on any atom is -0.378 e. The third-order valence-electron chi connectivity index (χ3n) is 4.90. The lowest BCUT2D eigenvalue weighted by molar-refractivity contribution is 0.454. The molecular formula is C20H24N2O2S. The Kier molecular flexibility index (Phi) is 4.71. The standard InChI is InChI=1S/C20H24N2O2S/c1-4-6-13(2)11-14(3)20-17-8-5-7-16(17)18-12-15(25(21,23)24)9-10-19(18)22-20/h4-7,9-12,16-17,20,22H,3,8H2,1-2H3,(H2,21,23,24)/b6-4-,13-11-. The van der Waals surface area contributed by atoms with Crippen molar-refractivity contribution in [3.05, 3.63) is 71.9 Å². The molecule has 0 fully saturated rings. The Bertz CT molecular complexity index is 894. The molecule has 132 valence electrons. The summed E-state index contributed by atoms with van der Waals surface area (Å²) in [5.41, 5.74) is 4.13.